The molecule has 1 aromatic heterocycles. The third-order valence-corrected chi connectivity index (χ3v) is 3.40. The number of ether oxygens (including phenoxy) is 1. The molecule has 1 aliphatic rings. The smallest absolute Gasteiger partial charge is 0.290 e. The summed E-state index contributed by atoms with van der Waals surface area (Å²) >= 11 is 0. The van der Waals surface area contributed by atoms with Crippen molar-refractivity contribution >= 4 is 5.91 Å². The summed E-state index contributed by atoms with van der Waals surface area (Å²) in [5.74, 6) is 1.06. The number of amides is 1. The Morgan fingerprint density at radius 3 is 2.86 bits per heavy atom. The van der Waals surface area contributed by atoms with E-state index in [0.717, 1.165) is 25.9 Å². The number of para-hydroxylation sites is 1. The minimum atomic E-state index is -0.202. The Hall–Kier alpha value is -2.27. The zero-order chi connectivity index (χ0) is 14.5. The number of hydrogen-bond donors (Lipinski definition) is 2. The molecule has 5 heteroatoms. The van der Waals surface area contributed by atoms with Gasteiger partial charge in [0.1, 0.15) is 5.75 Å². The zero-order valence-corrected chi connectivity index (χ0v) is 11.7. The van der Waals surface area contributed by atoms with E-state index in [2.05, 4.69) is 10.6 Å². The highest BCUT2D eigenvalue weighted by Gasteiger charge is 2.18. The first-order chi connectivity index (χ1) is 10.3. The van der Waals surface area contributed by atoms with Crippen LogP contribution in [0.2, 0.25) is 0 Å². The maximum absolute atomic E-state index is 12.1. The molecule has 0 saturated carbocycles. The number of benzene rings is 1. The first kappa shape index (κ1) is 13.7. The molecular weight excluding hydrogens is 268 g/mol. The fourth-order valence-electron chi connectivity index (χ4n) is 2.33. The van der Waals surface area contributed by atoms with Crippen molar-refractivity contribution in [3.8, 4) is 11.7 Å². The largest absolute Gasteiger partial charge is 0.426 e. The number of carbonyl (C=O) groups is 1. The van der Waals surface area contributed by atoms with Gasteiger partial charge in [0.2, 0.25) is 0 Å². The van der Waals surface area contributed by atoms with Crippen LogP contribution in [0.3, 0.4) is 0 Å². The molecule has 1 amide bonds. The van der Waals surface area contributed by atoms with Gasteiger partial charge in [-0.15, -0.1) is 0 Å². The lowest BCUT2D eigenvalue weighted by Gasteiger charge is -2.23. The average Bonchev–Trinajstić information content (AvgIpc) is 2.98. The fraction of sp³-hybridized carbons (Fsp3) is 0.312. The third-order valence-electron chi connectivity index (χ3n) is 3.40. The summed E-state index contributed by atoms with van der Waals surface area (Å²) in [5.41, 5.74) is 0. The Kier molecular flexibility index (Phi) is 4.21. The van der Waals surface area contributed by atoms with Crippen LogP contribution in [-0.2, 0) is 0 Å². The van der Waals surface area contributed by atoms with Crippen LogP contribution in [-0.4, -0.2) is 25.0 Å². The molecule has 1 fully saturated rings. The van der Waals surface area contributed by atoms with Crippen LogP contribution in [0, 0.1) is 0 Å². The summed E-state index contributed by atoms with van der Waals surface area (Å²) in [4.78, 5) is 12.1. The minimum Gasteiger partial charge on any atom is -0.426 e. The second-order valence-corrected chi connectivity index (χ2v) is 5.05. The molecule has 0 aliphatic carbocycles. The van der Waals surface area contributed by atoms with E-state index >= 15 is 0 Å². The average molecular weight is 286 g/mol. The summed E-state index contributed by atoms with van der Waals surface area (Å²) in [7, 11) is 0. The minimum absolute atomic E-state index is 0.162. The van der Waals surface area contributed by atoms with Crippen LogP contribution in [0.15, 0.2) is 46.9 Å². The molecule has 21 heavy (non-hydrogen) atoms. The molecule has 2 heterocycles. The van der Waals surface area contributed by atoms with Gasteiger partial charge in [0.15, 0.2) is 5.76 Å². The van der Waals surface area contributed by atoms with Gasteiger partial charge in [0.05, 0.1) is 0 Å². The van der Waals surface area contributed by atoms with Crippen molar-refractivity contribution < 1.29 is 13.9 Å². The number of piperidine rings is 1. The molecule has 0 spiro atoms. The molecule has 0 bridgehead atoms. The first-order valence-corrected chi connectivity index (χ1v) is 7.15. The fourth-order valence-corrected chi connectivity index (χ4v) is 2.33. The molecule has 2 aromatic rings. The number of furan rings is 1. The number of rotatable bonds is 4. The predicted octanol–water partition coefficient (Wildman–Crippen LogP) is 2.55. The highest BCUT2D eigenvalue weighted by Crippen LogP contribution is 2.23. The van der Waals surface area contributed by atoms with Crippen LogP contribution >= 0.6 is 0 Å². The van der Waals surface area contributed by atoms with E-state index in [0.29, 0.717) is 11.7 Å². The highest BCUT2D eigenvalue weighted by atomic mass is 16.6. The summed E-state index contributed by atoms with van der Waals surface area (Å²) in [6, 6.07) is 12.8. The van der Waals surface area contributed by atoms with Crippen LogP contribution in [0.1, 0.15) is 23.4 Å². The van der Waals surface area contributed by atoms with Gasteiger partial charge >= 0.3 is 0 Å². The van der Waals surface area contributed by atoms with E-state index in [9.17, 15) is 4.79 Å². The summed E-state index contributed by atoms with van der Waals surface area (Å²) in [5, 5.41) is 6.22. The summed E-state index contributed by atoms with van der Waals surface area (Å²) in [6.45, 7) is 1.82. The van der Waals surface area contributed by atoms with E-state index in [1.54, 1.807) is 12.1 Å². The second kappa shape index (κ2) is 6.45. The van der Waals surface area contributed by atoms with Crippen LogP contribution in [0.25, 0.3) is 0 Å². The van der Waals surface area contributed by atoms with Crippen molar-refractivity contribution in [2.75, 3.05) is 13.1 Å². The first-order valence-electron chi connectivity index (χ1n) is 7.15. The van der Waals surface area contributed by atoms with Gasteiger partial charge in [0.25, 0.3) is 11.9 Å². The van der Waals surface area contributed by atoms with Gasteiger partial charge < -0.3 is 19.8 Å². The second-order valence-electron chi connectivity index (χ2n) is 5.05. The Morgan fingerprint density at radius 2 is 2.10 bits per heavy atom. The van der Waals surface area contributed by atoms with Crippen molar-refractivity contribution in [1.29, 1.82) is 0 Å². The molecule has 0 unspecified atom stereocenters. The van der Waals surface area contributed by atoms with E-state index < -0.39 is 0 Å². The van der Waals surface area contributed by atoms with Crippen LogP contribution in [0.5, 0.6) is 11.7 Å². The topological polar surface area (TPSA) is 63.5 Å². The highest BCUT2D eigenvalue weighted by molar-refractivity contribution is 5.91. The molecule has 1 saturated heterocycles. The van der Waals surface area contributed by atoms with Crippen molar-refractivity contribution in [3.63, 3.8) is 0 Å². The number of carbonyl (C=O) groups excluding carboxylic acids is 1. The molecule has 1 aliphatic heterocycles. The molecule has 3 rings (SSSR count). The normalized spacial score (nSPS) is 18.2. The van der Waals surface area contributed by atoms with E-state index in [4.69, 9.17) is 9.15 Å². The molecule has 5 nitrogen and oxygen atoms in total. The molecular formula is C16H18N2O3. The van der Waals surface area contributed by atoms with Gasteiger partial charge in [-0.2, -0.15) is 0 Å². The van der Waals surface area contributed by atoms with E-state index in [-0.39, 0.29) is 17.7 Å². The number of nitrogens with one attached hydrogen (secondary N) is 2. The quantitative estimate of drug-likeness (QED) is 0.906. The lowest BCUT2D eigenvalue weighted by atomic mass is 10.1. The van der Waals surface area contributed by atoms with Crippen molar-refractivity contribution in [2.45, 2.75) is 18.9 Å². The molecule has 2 N–H and O–H groups in total. The molecule has 0 radical (unpaired) electrons. The van der Waals surface area contributed by atoms with Crippen LogP contribution < -0.4 is 15.4 Å². The van der Waals surface area contributed by atoms with Crippen molar-refractivity contribution in [1.82, 2.24) is 10.6 Å². The van der Waals surface area contributed by atoms with Gasteiger partial charge in [-0.1, -0.05) is 18.2 Å². The van der Waals surface area contributed by atoms with Gasteiger partial charge in [-0.3, -0.25) is 4.79 Å². The molecule has 1 atom stereocenters. The monoisotopic (exact) mass is 286 g/mol. The van der Waals surface area contributed by atoms with E-state index in [1.165, 1.54) is 0 Å². The lowest BCUT2D eigenvalue weighted by molar-refractivity contribution is 0.0897. The predicted molar refractivity (Wildman–Crippen MR) is 78.6 cm³/mol. The molecule has 110 valence electrons. The Labute approximate surface area is 123 Å². The van der Waals surface area contributed by atoms with Crippen LogP contribution in [0.4, 0.5) is 0 Å². The maximum Gasteiger partial charge on any atom is 0.290 e. The Balaban J connectivity index is 1.60. The summed E-state index contributed by atoms with van der Waals surface area (Å²) < 4.78 is 11.0. The van der Waals surface area contributed by atoms with E-state index in [1.807, 2.05) is 30.3 Å². The third kappa shape index (κ3) is 3.64. The maximum atomic E-state index is 12.1. The molecule has 1 aromatic carbocycles. The van der Waals surface area contributed by atoms with Crippen molar-refractivity contribution in [2.24, 2.45) is 0 Å². The SMILES string of the molecule is O=C(N[C@H]1CCCNC1)c1ccc(Oc2ccccc2)o1. The summed E-state index contributed by atoms with van der Waals surface area (Å²) in [6.07, 6.45) is 2.07. The number of hydrogen-bond acceptors (Lipinski definition) is 4. The lowest BCUT2D eigenvalue weighted by Crippen LogP contribution is -2.45. The zero-order valence-electron chi connectivity index (χ0n) is 11.7. The standard InChI is InChI=1S/C16H18N2O3/c19-16(18-12-5-4-10-17-11-12)14-8-9-15(21-14)20-13-6-2-1-3-7-13/h1-3,6-9,12,17H,4-5,10-11H2,(H,18,19)/t12-/m0/s1. The van der Waals surface area contributed by atoms with Crippen molar-refractivity contribution in [3.05, 3.63) is 48.2 Å². The van der Waals surface area contributed by atoms with Gasteiger partial charge in [-0.05, 0) is 37.6 Å². The van der Waals surface area contributed by atoms with Gasteiger partial charge in [-0.25, -0.2) is 0 Å². The Bertz CT molecular complexity index is 589. The Morgan fingerprint density at radius 1 is 1.24 bits per heavy atom. The van der Waals surface area contributed by atoms with Gasteiger partial charge in [0, 0.05) is 18.7 Å².